The lowest BCUT2D eigenvalue weighted by Gasteiger charge is -2.45. The molecule has 3 aliphatic rings. The molecule has 176 valence electrons. The second kappa shape index (κ2) is 9.93. The monoisotopic (exact) mass is 430 g/mol. The summed E-state index contributed by atoms with van der Waals surface area (Å²) >= 11 is 0. The lowest BCUT2D eigenvalue weighted by atomic mass is 9.60. The van der Waals surface area contributed by atoms with Gasteiger partial charge in [0.1, 0.15) is 0 Å². The van der Waals surface area contributed by atoms with Crippen LogP contribution in [0.25, 0.3) is 0 Å². The SMILES string of the molecule is C=C1CCC(O)(O)C/C1=C/C=C1\CCC[C@@]2(C)[C@H]1CC(CO)[C@H]2[C@H](C)CCCC(C)C. The molecule has 3 N–H and O–H groups in total. The highest BCUT2D eigenvalue weighted by Gasteiger charge is 2.54. The third-order valence-corrected chi connectivity index (χ3v) is 8.77. The van der Waals surface area contributed by atoms with E-state index in [1.54, 1.807) is 0 Å². The first-order valence-electron chi connectivity index (χ1n) is 12.7. The van der Waals surface area contributed by atoms with Gasteiger partial charge in [0, 0.05) is 19.4 Å². The van der Waals surface area contributed by atoms with Crippen molar-refractivity contribution in [3.63, 3.8) is 0 Å². The smallest absolute Gasteiger partial charge is 0.166 e. The van der Waals surface area contributed by atoms with Gasteiger partial charge in [0.15, 0.2) is 5.79 Å². The van der Waals surface area contributed by atoms with Crippen LogP contribution in [0.4, 0.5) is 0 Å². The van der Waals surface area contributed by atoms with Gasteiger partial charge >= 0.3 is 0 Å². The Bertz CT molecular complexity index is 701. The van der Waals surface area contributed by atoms with Gasteiger partial charge in [0.05, 0.1) is 0 Å². The highest BCUT2D eigenvalue weighted by molar-refractivity contribution is 5.37. The Morgan fingerprint density at radius 2 is 1.84 bits per heavy atom. The van der Waals surface area contributed by atoms with Crippen molar-refractivity contribution < 1.29 is 15.3 Å². The number of aliphatic hydroxyl groups excluding tert-OH is 1. The van der Waals surface area contributed by atoms with E-state index in [1.807, 2.05) is 0 Å². The molecule has 0 heterocycles. The van der Waals surface area contributed by atoms with E-state index in [2.05, 4.69) is 46.4 Å². The van der Waals surface area contributed by atoms with Crippen LogP contribution in [0.2, 0.25) is 0 Å². The van der Waals surface area contributed by atoms with Crippen LogP contribution in [-0.4, -0.2) is 27.7 Å². The maximum Gasteiger partial charge on any atom is 0.166 e. The average Bonchev–Trinajstić information content (AvgIpc) is 3.01. The van der Waals surface area contributed by atoms with Gasteiger partial charge in [-0.05, 0) is 72.7 Å². The van der Waals surface area contributed by atoms with Gasteiger partial charge < -0.3 is 15.3 Å². The molecule has 0 aliphatic heterocycles. The minimum absolute atomic E-state index is 0.258. The van der Waals surface area contributed by atoms with Crippen molar-refractivity contribution in [1.82, 2.24) is 0 Å². The van der Waals surface area contributed by atoms with Crippen molar-refractivity contribution in [2.45, 2.75) is 97.7 Å². The Morgan fingerprint density at radius 3 is 2.52 bits per heavy atom. The predicted octanol–water partition coefficient (Wildman–Crippen LogP) is 6.16. The lowest BCUT2D eigenvalue weighted by molar-refractivity contribution is -0.166. The van der Waals surface area contributed by atoms with Gasteiger partial charge in [-0.2, -0.15) is 0 Å². The molecule has 0 amide bonds. The second-order valence-electron chi connectivity index (χ2n) is 11.6. The fourth-order valence-corrected chi connectivity index (χ4v) is 7.20. The van der Waals surface area contributed by atoms with Gasteiger partial charge in [-0.3, -0.25) is 0 Å². The van der Waals surface area contributed by atoms with E-state index in [1.165, 1.54) is 37.7 Å². The van der Waals surface area contributed by atoms with E-state index >= 15 is 0 Å². The molecule has 3 fully saturated rings. The minimum atomic E-state index is -1.60. The second-order valence-corrected chi connectivity index (χ2v) is 11.6. The molecule has 3 saturated carbocycles. The summed E-state index contributed by atoms with van der Waals surface area (Å²) in [4.78, 5) is 0. The molecule has 3 rings (SSSR count). The molecule has 0 spiro atoms. The Hall–Kier alpha value is -0.900. The molecule has 0 aromatic heterocycles. The fourth-order valence-electron chi connectivity index (χ4n) is 7.20. The summed E-state index contributed by atoms with van der Waals surface area (Å²) in [5.74, 6) is 1.31. The Morgan fingerprint density at radius 1 is 1.10 bits per heavy atom. The van der Waals surface area contributed by atoms with Crippen molar-refractivity contribution in [3.8, 4) is 0 Å². The summed E-state index contributed by atoms with van der Waals surface area (Å²) in [7, 11) is 0. The highest BCUT2D eigenvalue weighted by Crippen LogP contribution is 2.62. The standard InChI is InChI=1S/C28H46O3/c1-19(2)8-6-9-21(4)26-24(18-29)16-25-22(10-7-14-27(25,26)5)11-12-23-17-28(30,31)15-13-20(23)3/h11-12,19,21,24-26,29-31H,3,6-10,13-18H2,1-2,4-5H3/b22-11+,23-12-/t21-,24?,25+,26-,27+/m1/s1. The molecule has 0 aromatic carbocycles. The number of rotatable bonds is 7. The maximum absolute atomic E-state index is 10.3. The molecular formula is C28H46O3. The lowest BCUT2D eigenvalue weighted by Crippen LogP contribution is -2.38. The predicted molar refractivity (Wildman–Crippen MR) is 128 cm³/mol. The highest BCUT2D eigenvalue weighted by atomic mass is 16.5. The van der Waals surface area contributed by atoms with E-state index in [0.29, 0.717) is 43.1 Å². The van der Waals surface area contributed by atoms with Crippen LogP contribution in [0.5, 0.6) is 0 Å². The summed E-state index contributed by atoms with van der Waals surface area (Å²) in [5.41, 5.74) is 3.77. The molecule has 31 heavy (non-hydrogen) atoms. The molecule has 3 aliphatic carbocycles. The van der Waals surface area contributed by atoms with Crippen LogP contribution in [0, 0.1) is 35.0 Å². The van der Waals surface area contributed by atoms with E-state index in [4.69, 9.17) is 0 Å². The molecule has 0 saturated heterocycles. The molecule has 5 atom stereocenters. The Labute approximate surface area is 190 Å². The zero-order valence-corrected chi connectivity index (χ0v) is 20.4. The molecule has 0 bridgehead atoms. The first kappa shape index (κ1) is 24.7. The Kier molecular flexibility index (Phi) is 7.92. The fraction of sp³-hybridized carbons (Fsp3) is 0.786. The quantitative estimate of drug-likeness (QED) is 0.424. The van der Waals surface area contributed by atoms with Crippen molar-refractivity contribution >= 4 is 0 Å². The summed E-state index contributed by atoms with van der Waals surface area (Å²) in [5, 5.41) is 30.4. The molecule has 3 heteroatoms. The van der Waals surface area contributed by atoms with Crippen LogP contribution in [0.1, 0.15) is 91.9 Å². The zero-order valence-electron chi connectivity index (χ0n) is 20.4. The first-order valence-corrected chi connectivity index (χ1v) is 12.7. The van der Waals surface area contributed by atoms with Gasteiger partial charge in [-0.1, -0.05) is 76.8 Å². The molecule has 0 radical (unpaired) electrons. The van der Waals surface area contributed by atoms with Crippen molar-refractivity contribution in [2.75, 3.05) is 6.61 Å². The van der Waals surface area contributed by atoms with E-state index in [-0.39, 0.29) is 11.8 Å². The van der Waals surface area contributed by atoms with Gasteiger partial charge in [-0.25, -0.2) is 0 Å². The van der Waals surface area contributed by atoms with Crippen molar-refractivity contribution in [1.29, 1.82) is 0 Å². The largest absolute Gasteiger partial charge is 0.396 e. The van der Waals surface area contributed by atoms with E-state index in [9.17, 15) is 15.3 Å². The van der Waals surface area contributed by atoms with E-state index in [0.717, 1.165) is 29.9 Å². The summed E-state index contributed by atoms with van der Waals surface area (Å²) in [6.45, 7) is 14.0. The first-order chi connectivity index (χ1) is 14.6. The minimum Gasteiger partial charge on any atom is -0.396 e. The summed E-state index contributed by atoms with van der Waals surface area (Å²) in [6, 6.07) is 0. The van der Waals surface area contributed by atoms with Crippen LogP contribution in [-0.2, 0) is 0 Å². The normalized spacial score (nSPS) is 36.9. The number of fused-ring (bicyclic) bond motifs is 1. The third kappa shape index (κ3) is 5.54. The van der Waals surface area contributed by atoms with Crippen LogP contribution >= 0.6 is 0 Å². The number of hydrogen-bond acceptors (Lipinski definition) is 3. The van der Waals surface area contributed by atoms with Gasteiger partial charge in [-0.15, -0.1) is 0 Å². The molecular weight excluding hydrogens is 384 g/mol. The third-order valence-electron chi connectivity index (χ3n) is 8.77. The number of allylic oxidation sites excluding steroid dienone is 4. The topological polar surface area (TPSA) is 60.7 Å². The van der Waals surface area contributed by atoms with E-state index < -0.39 is 5.79 Å². The average molecular weight is 431 g/mol. The molecule has 0 aromatic rings. The summed E-state index contributed by atoms with van der Waals surface area (Å²) < 4.78 is 0. The van der Waals surface area contributed by atoms with Crippen molar-refractivity contribution in [3.05, 3.63) is 35.5 Å². The van der Waals surface area contributed by atoms with Crippen LogP contribution < -0.4 is 0 Å². The number of hydrogen-bond donors (Lipinski definition) is 3. The zero-order chi connectivity index (χ0) is 22.8. The molecule has 3 nitrogen and oxygen atoms in total. The summed E-state index contributed by atoms with van der Waals surface area (Å²) in [6.07, 6.45) is 14.2. The van der Waals surface area contributed by atoms with Crippen LogP contribution in [0.15, 0.2) is 35.5 Å². The Balaban J connectivity index is 1.80. The number of aliphatic hydroxyl groups is 3. The van der Waals surface area contributed by atoms with Gasteiger partial charge in [0.2, 0.25) is 0 Å². The maximum atomic E-state index is 10.3. The van der Waals surface area contributed by atoms with Crippen molar-refractivity contribution in [2.24, 2.45) is 35.0 Å². The van der Waals surface area contributed by atoms with Gasteiger partial charge in [0.25, 0.3) is 0 Å². The van der Waals surface area contributed by atoms with Crippen LogP contribution in [0.3, 0.4) is 0 Å². The molecule has 1 unspecified atom stereocenters.